The molecule has 0 aromatic heterocycles. The summed E-state index contributed by atoms with van der Waals surface area (Å²) in [5.41, 5.74) is 1.48. The van der Waals surface area contributed by atoms with Gasteiger partial charge in [0, 0.05) is 24.1 Å². The van der Waals surface area contributed by atoms with Crippen LogP contribution in [0, 0.1) is 17.6 Å². The first-order chi connectivity index (χ1) is 13.1. The Hall–Kier alpha value is -2.27. The van der Waals surface area contributed by atoms with Crippen LogP contribution in [0.4, 0.5) is 8.78 Å². The third-order valence-corrected chi connectivity index (χ3v) is 6.62. The molecule has 27 heavy (non-hydrogen) atoms. The third kappa shape index (κ3) is 2.76. The summed E-state index contributed by atoms with van der Waals surface area (Å²) in [7, 11) is 0. The number of amides is 1. The van der Waals surface area contributed by atoms with E-state index < -0.39 is 0 Å². The molecule has 2 aromatic rings. The topological polar surface area (TPSA) is 23.6 Å². The molecule has 5 heteroatoms. The number of hydrogen-bond acceptors (Lipinski definition) is 2. The maximum atomic E-state index is 13.7. The smallest absolute Gasteiger partial charge is 0.254 e. The Morgan fingerprint density at radius 2 is 1.67 bits per heavy atom. The molecule has 0 unspecified atom stereocenters. The Balaban J connectivity index is 1.52. The van der Waals surface area contributed by atoms with E-state index in [0.717, 1.165) is 31.5 Å². The number of benzene rings is 2. The molecule has 0 N–H and O–H groups in total. The Bertz CT molecular complexity index is 861. The van der Waals surface area contributed by atoms with Gasteiger partial charge in [-0.3, -0.25) is 9.69 Å². The van der Waals surface area contributed by atoms with E-state index in [0.29, 0.717) is 18.0 Å². The van der Waals surface area contributed by atoms with Crippen molar-refractivity contribution in [3.63, 3.8) is 0 Å². The first kappa shape index (κ1) is 16.9. The van der Waals surface area contributed by atoms with Crippen LogP contribution in [0.2, 0.25) is 0 Å². The lowest BCUT2D eigenvalue weighted by Gasteiger charge is -2.51. The van der Waals surface area contributed by atoms with Gasteiger partial charge in [-0.05, 0) is 67.7 Å². The van der Waals surface area contributed by atoms with Gasteiger partial charge in [0.1, 0.15) is 11.6 Å². The van der Waals surface area contributed by atoms with Crippen molar-refractivity contribution in [3.05, 3.63) is 71.3 Å². The molecular formula is C22H22F2N2O. The average molecular weight is 368 g/mol. The van der Waals surface area contributed by atoms with E-state index in [9.17, 15) is 13.6 Å². The Kier molecular flexibility index (Phi) is 4.01. The van der Waals surface area contributed by atoms with Gasteiger partial charge in [0.25, 0.3) is 5.91 Å². The summed E-state index contributed by atoms with van der Waals surface area (Å²) >= 11 is 0. The molecule has 4 aliphatic heterocycles. The highest BCUT2D eigenvalue weighted by atomic mass is 19.1. The zero-order chi connectivity index (χ0) is 18.5. The molecule has 3 atom stereocenters. The van der Waals surface area contributed by atoms with Gasteiger partial charge in [-0.25, -0.2) is 8.78 Å². The number of likely N-dealkylation sites (tertiary alicyclic amines) is 1. The fourth-order valence-corrected chi connectivity index (χ4v) is 5.45. The third-order valence-electron chi connectivity index (χ3n) is 6.62. The van der Waals surface area contributed by atoms with E-state index in [2.05, 4.69) is 4.90 Å². The van der Waals surface area contributed by atoms with Gasteiger partial charge < -0.3 is 4.90 Å². The summed E-state index contributed by atoms with van der Waals surface area (Å²) in [6, 6.07) is 13.1. The lowest BCUT2D eigenvalue weighted by atomic mass is 9.75. The number of carbonyl (C=O) groups is 1. The number of nitrogens with zero attached hydrogens (tertiary/aromatic N) is 2. The van der Waals surface area contributed by atoms with Crippen LogP contribution >= 0.6 is 0 Å². The Morgan fingerprint density at radius 3 is 2.37 bits per heavy atom. The minimum atomic E-state index is -0.388. The number of fused-ring (bicyclic) bond motifs is 2. The van der Waals surface area contributed by atoms with Crippen molar-refractivity contribution in [1.29, 1.82) is 0 Å². The Morgan fingerprint density at radius 1 is 0.926 bits per heavy atom. The zero-order valence-corrected chi connectivity index (χ0v) is 15.0. The van der Waals surface area contributed by atoms with E-state index in [1.807, 2.05) is 17.0 Å². The fraction of sp³-hybridized carbons (Fsp3) is 0.409. The molecule has 2 aromatic carbocycles. The second-order valence-electron chi connectivity index (χ2n) is 7.98. The van der Waals surface area contributed by atoms with Gasteiger partial charge in [-0.15, -0.1) is 0 Å². The molecule has 140 valence electrons. The van der Waals surface area contributed by atoms with E-state index in [4.69, 9.17) is 0 Å². The van der Waals surface area contributed by atoms with E-state index in [-0.39, 0.29) is 35.5 Å². The molecule has 0 radical (unpaired) electrons. The van der Waals surface area contributed by atoms with Crippen LogP contribution < -0.4 is 0 Å². The quantitative estimate of drug-likeness (QED) is 0.808. The van der Waals surface area contributed by atoms with E-state index in [1.54, 1.807) is 12.1 Å². The molecule has 2 bridgehead atoms. The van der Waals surface area contributed by atoms with Crippen LogP contribution in [0.5, 0.6) is 0 Å². The maximum absolute atomic E-state index is 13.7. The molecule has 6 rings (SSSR count). The zero-order valence-electron chi connectivity index (χ0n) is 15.0. The molecular weight excluding hydrogens is 346 g/mol. The molecule has 4 aliphatic rings. The minimum absolute atomic E-state index is 0.0946. The van der Waals surface area contributed by atoms with Crippen molar-refractivity contribution in [2.24, 2.45) is 5.92 Å². The first-order valence-electron chi connectivity index (χ1n) is 9.68. The van der Waals surface area contributed by atoms with Gasteiger partial charge in [0.15, 0.2) is 0 Å². The highest BCUT2D eigenvalue weighted by Crippen LogP contribution is 2.46. The van der Waals surface area contributed by atoms with Gasteiger partial charge in [0.2, 0.25) is 0 Å². The largest absolute Gasteiger partial charge is 0.333 e. The average Bonchev–Trinajstić information content (AvgIpc) is 3.12. The molecule has 0 spiro atoms. The van der Waals surface area contributed by atoms with Crippen molar-refractivity contribution in [3.8, 4) is 0 Å². The molecule has 3 nitrogen and oxygen atoms in total. The van der Waals surface area contributed by atoms with E-state index in [1.165, 1.54) is 24.3 Å². The van der Waals surface area contributed by atoms with E-state index >= 15 is 0 Å². The van der Waals surface area contributed by atoms with Gasteiger partial charge in [-0.2, -0.15) is 0 Å². The maximum Gasteiger partial charge on any atom is 0.254 e. The molecule has 0 aliphatic carbocycles. The predicted octanol–water partition coefficient (Wildman–Crippen LogP) is 3.67. The van der Waals surface area contributed by atoms with Crippen molar-refractivity contribution >= 4 is 5.91 Å². The van der Waals surface area contributed by atoms with Crippen LogP contribution in [0.3, 0.4) is 0 Å². The Labute approximate surface area is 157 Å². The molecule has 4 fully saturated rings. The van der Waals surface area contributed by atoms with Crippen LogP contribution in [-0.2, 0) is 0 Å². The summed E-state index contributed by atoms with van der Waals surface area (Å²) in [6.45, 7) is 2.72. The molecule has 4 heterocycles. The standard InChI is InChI=1S/C22H22F2N2O/c23-17-6-4-14(5-7-17)19-13-26(22(27)16-2-1-3-18(24)12-16)20-15-8-10-25(11-9-15)21(19)20/h1-7,12,15,19-21H,8-11,13H2/t19-,20+,21+/m0/s1. The van der Waals surface area contributed by atoms with Crippen molar-refractivity contribution in [1.82, 2.24) is 9.80 Å². The molecule has 0 saturated carbocycles. The lowest BCUT2D eigenvalue weighted by Crippen LogP contribution is -2.60. The van der Waals surface area contributed by atoms with Crippen LogP contribution in [0.1, 0.15) is 34.7 Å². The molecule has 4 saturated heterocycles. The SMILES string of the molecule is O=C(c1cccc(F)c1)N1C[C@@H](c2ccc(F)cc2)[C@@H]2[C@H]1C1CCN2CC1. The number of halogens is 2. The number of piperidine rings is 3. The summed E-state index contributed by atoms with van der Waals surface area (Å²) in [4.78, 5) is 17.7. The highest BCUT2D eigenvalue weighted by Gasteiger charge is 2.54. The lowest BCUT2D eigenvalue weighted by molar-refractivity contribution is -0.00342. The number of hydrogen-bond donors (Lipinski definition) is 0. The van der Waals surface area contributed by atoms with Gasteiger partial charge in [-0.1, -0.05) is 18.2 Å². The van der Waals surface area contributed by atoms with Crippen molar-refractivity contribution in [2.45, 2.75) is 30.8 Å². The van der Waals surface area contributed by atoms with Crippen molar-refractivity contribution < 1.29 is 13.6 Å². The summed E-state index contributed by atoms with van der Waals surface area (Å²) in [5, 5.41) is 0. The monoisotopic (exact) mass is 368 g/mol. The normalized spacial score (nSPS) is 31.8. The fourth-order valence-electron chi connectivity index (χ4n) is 5.45. The molecule has 1 amide bonds. The minimum Gasteiger partial charge on any atom is -0.333 e. The second-order valence-corrected chi connectivity index (χ2v) is 7.98. The van der Waals surface area contributed by atoms with Crippen LogP contribution in [0.15, 0.2) is 48.5 Å². The summed E-state index contributed by atoms with van der Waals surface area (Å²) in [5.74, 6) is -0.0749. The van der Waals surface area contributed by atoms with Crippen LogP contribution in [0.25, 0.3) is 0 Å². The van der Waals surface area contributed by atoms with Crippen LogP contribution in [-0.4, -0.2) is 47.4 Å². The number of carbonyl (C=O) groups excluding carboxylic acids is 1. The summed E-state index contributed by atoms with van der Waals surface area (Å²) in [6.07, 6.45) is 2.20. The van der Waals surface area contributed by atoms with Crippen molar-refractivity contribution in [2.75, 3.05) is 19.6 Å². The van der Waals surface area contributed by atoms with Gasteiger partial charge >= 0.3 is 0 Å². The second kappa shape index (κ2) is 6.41. The highest BCUT2D eigenvalue weighted by molar-refractivity contribution is 5.94. The first-order valence-corrected chi connectivity index (χ1v) is 9.68. The summed E-state index contributed by atoms with van der Waals surface area (Å²) < 4.78 is 27.1. The van der Waals surface area contributed by atoms with Gasteiger partial charge in [0.05, 0.1) is 6.04 Å². The predicted molar refractivity (Wildman–Crippen MR) is 98.5 cm³/mol. The number of rotatable bonds is 2.